The summed E-state index contributed by atoms with van der Waals surface area (Å²) in [4.78, 5) is 4.54. The van der Waals surface area contributed by atoms with E-state index < -0.39 is 0 Å². The van der Waals surface area contributed by atoms with Gasteiger partial charge < -0.3 is 4.74 Å². The lowest BCUT2D eigenvalue weighted by atomic mass is 10.1. The third-order valence-corrected chi connectivity index (χ3v) is 6.29. The second-order valence-electron chi connectivity index (χ2n) is 5.73. The fourth-order valence-corrected chi connectivity index (χ4v) is 5.16. The number of aliphatic imine (C=N–C) groups is 1. The highest BCUT2D eigenvalue weighted by Crippen LogP contribution is 2.37. The minimum Gasteiger partial charge on any atom is -0.487 e. The fourth-order valence-electron chi connectivity index (χ4n) is 2.90. The van der Waals surface area contributed by atoms with Gasteiger partial charge in [-0.1, -0.05) is 42.5 Å². The van der Waals surface area contributed by atoms with Crippen molar-refractivity contribution in [3.05, 3.63) is 74.7 Å². The number of nitrogens with zero attached hydrogens (tertiary/aromatic N) is 1. The molecule has 3 aromatic rings. The fraction of sp³-hybridized carbons (Fsp3) is 0.150. The van der Waals surface area contributed by atoms with E-state index in [1.165, 1.54) is 16.3 Å². The van der Waals surface area contributed by atoms with Gasteiger partial charge in [-0.3, -0.25) is 4.99 Å². The molecule has 1 heterocycles. The summed E-state index contributed by atoms with van der Waals surface area (Å²) in [5.74, 6) is 1.88. The molecule has 0 aromatic heterocycles. The summed E-state index contributed by atoms with van der Waals surface area (Å²) in [5, 5.41) is 3.56. The first-order chi connectivity index (χ1) is 12.2. The Morgan fingerprint density at radius 2 is 1.76 bits per heavy atom. The summed E-state index contributed by atoms with van der Waals surface area (Å²) in [5.41, 5.74) is 2.30. The Morgan fingerprint density at radius 3 is 2.52 bits per heavy atom. The van der Waals surface area contributed by atoms with Gasteiger partial charge in [0.2, 0.25) is 0 Å². The van der Waals surface area contributed by atoms with Crippen molar-refractivity contribution in [1.29, 1.82) is 0 Å². The van der Waals surface area contributed by atoms with Crippen LogP contribution in [0.25, 0.3) is 10.8 Å². The SMILES string of the molecule is Brc1cc(C2=NCCS2)cc(Br)c1OCc1cccc2ccccc12. The van der Waals surface area contributed by atoms with Crippen molar-refractivity contribution in [2.45, 2.75) is 6.61 Å². The Hall–Kier alpha value is -1.30. The normalized spacial score (nSPS) is 13.9. The van der Waals surface area contributed by atoms with Crippen molar-refractivity contribution in [3.63, 3.8) is 0 Å². The second-order valence-corrected chi connectivity index (χ2v) is 8.52. The molecule has 4 rings (SSSR count). The van der Waals surface area contributed by atoms with Crippen molar-refractivity contribution in [1.82, 2.24) is 0 Å². The maximum absolute atomic E-state index is 6.14. The molecule has 0 saturated carbocycles. The number of hydrogen-bond acceptors (Lipinski definition) is 3. The molecule has 0 saturated heterocycles. The number of benzene rings is 3. The van der Waals surface area contributed by atoms with E-state index in [1.54, 1.807) is 11.8 Å². The van der Waals surface area contributed by atoms with E-state index >= 15 is 0 Å². The number of rotatable bonds is 4. The molecule has 5 heteroatoms. The Balaban J connectivity index is 1.60. The van der Waals surface area contributed by atoms with Crippen LogP contribution in [0.3, 0.4) is 0 Å². The average Bonchev–Trinajstić information content (AvgIpc) is 3.15. The molecular formula is C20H15Br2NOS. The first kappa shape index (κ1) is 17.1. The molecule has 2 nitrogen and oxygen atoms in total. The highest BCUT2D eigenvalue weighted by atomic mass is 79.9. The molecule has 3 aromatic carbocycles. The molecular weight excluding hydrogens is 462 g/mol. The molecule has 0 bridgehead atoms. The van der Waals surface area contributed by atoms with Crippen LogP contribution in [0.4, 0.5) is 0 Å². The van der Waals surface area contributed by atoms with Gasteiger partial charge in [-0.15, -0.1) is 11.8 Å². The minimum absolute atomic E-state index is 0.521. The number of hydrogen-bond donors (Lipinski definition) is 0. The smallest absolute Gasteiger partial charge is 0.148 e. The Kier molecular flexibility index (Phi) is 5.15. The maximum atomic E-state index is 6.14. The highest BCUT2D eigenvalue weighted by molar-refractivity contribution is 9.11. The van der Waals surface area contributed by atoms with Gasteiger partial charge >= 0.3 is 0 Å². The number of halogens is 2. The molecule has 0 unspecified atom stereocenters. The monoisotopic (exact) mass is 475 g/mol. The minimum atomic E-state index is 0.521. The zero-order chi connectivity index (χ0) is 17.2. The van der Waals surface area contributed by atoms with Crippen molar-refractivity contribution >= 4 is 59.4 Å². The van der Waals surface area contributed by atoms with Crippen LogP contribution in [0.5, 0.6) is 5.75 Å². The van der Waals surface area contributed by atoms with Crippen LogP contribution in [0.2, 0.25) is 0 Å². The van der Waals surface area contributed by atoms with Crippen LogP contribution < -0.4 is 4.74 Å². The van der Waals surface area contributed by atoms with Crippen LogP contribution in [-0.4, -0.2) is 17.3 Å². The van der Waals surface area contributed by atoms with E-state index in [0.29, 0.717) is 6.61 Å². The molecule has 0 N–H and O–H groups in total. The van der Waals surface area contributed by atoms with Gasteiger partial charge in [-0.2, -0.15) is 0 Å². The zero-order valence-electron chi connectivity index (χ0n) is 13.3. The lowest BCUT2D eigenvalue weighted by Gasteiger charge is -2.13. The number of ether oxygens (including phenoxy) is 1. The van der Waals surface area contributed by atoms with Gasteiger partial charge in [0.25, 0.3) is 0 Å². The number of fused-ring (bicyclic) bond motifs is 1. The van der Waals surface area contributed by atoms with Crippen molar-refractivity contribution in [3.8, 4) is 5.75 Å². The van der Waals surface area contributed by atoms with E-state index in [2.05, 4.69) is 91.4 Å². The molecule has 0 aliphatic carbocycles. The molecule has 25 heavy (non-hydrogen) atoms. The summed E-state index contributed by atoms with van der Waals surface area (Å²) < 4.78 is 8.01. The van der Waals surface area contributed by atoms with Crippen LogP contribution in [0.15, 0.2) is 68.5 Å². The summed E-state index contributed by atoms with van der Waals surface area (Å²) in [6, 6.07) is 18.9. The van der Waals surface area contributed by atoms with E-state index in [1.807, 2.05) is 0 Å². The van der Waals surface area contributed by atoms with Gasteiger partial charge in [0.05, 0.1) is 14.0 Å². The van der Waals surface area contributed by atoms with E-state index in [0.717, 1.165) is 37.6 Å². The van der Waals surface area contributed by atoms with E-state index in [4.69, 9.17) is 4.74 Å². The third-order valence-electron chi connectivity index (χ3n) is 4.08. The van der Waals surface area contributed by atoms with Gasteiger partial charge in [-0.05, 0) is 60.3 Å². The Labute approximate surface area is 167 Å². The number of thioether (sulfide) groups is 1. The first-order valence-corrected chi connectivity index (χ1v) is 10.6. The Bertz CT molecular complexity index is 943. The second kappa shape index (κ2) is 7.52. The molecule has 0 amide bonds. The quantitative estimate of drug-likeness (QED) is 0.432. The van der Waals surface area contributed by atoms with Crippen LogP contribution >= 0.6 is 43.6 Å². The Morgan fingerprint density at radius 1 is 1.00 bits per heavy atom. The summed E-state index contributed by atoms with van der Waals surface area (Å²) in [7, 11) is 0. The zero-order valence-corrected chi connectivity index (χ0v) is 17.3. The van der Waals surface area contributed by atoms with Crippen LogP contribution in [0.1, 0.15) is 11.1 Å². The van der Waals surface area contributed by atoms with Crippen molar-refractivity contribution in [2.75, 3.05) is 12.3 Å². The lowest BCUT2D eigenvalue weighted by molar-refractivity contribution is 0.303. The van der Waals surface area contributed by atoms with Gasteiger partial charge in [0, 0.05) is 17.9 Å². The van der Waals surface area contributed by atoms with Gasteiger partial charge in [0.15, 0.2) is 0 Å². The molecule has 0 atom stereocenters. The van der Waals surface area contributed by atoms with Crippen LogP contribution in [-0.2, 0) is 6.61 Å². The molecule has 1 aliphatic heterocycles. The summed E-state index contributed by atoms with van der Waals surface area (Å²) in [6.45, 7) is 1.42. The summed E-state index contributed by atoms with van der Waals surface area (Å²) in [6.07, 6.45) is 0. The molecule has 1 aliphatic rings. The average molecular weight is 477 g/mol. The molecule has 0 fully saturated rings. The van der Waals surface area contributed by atoms with Gasteiger partial charge in [0.1, 0.15) is 12.4 Å². The summed E-state index contributed by atoms with van der Waals surface area (Å²) >= 11 is 9.10. The predicted octanol–water partition coefficient (Wildman–Crippen LogP) is 6.44. The van der Waals surface area contributed by atoms with Gasteiger partial charge in [-0.25, -0.2) is 0 Å². The predicted molar refractivity (Wildman–Crippen MR) is 114 cm³/mol. The molecule has 0 spiro atoms. The lowest BCUT2D eigenvalue weighted by Crippen LogP contribution is -2.00. The molecule has 126 valence electrons. The van der Waals surface area contributed by atoms with Crippen LogP contribution in [0, 0.1) is 0 Å². The maximum Gasteiger partial charge on any atom is 0.148 e. The third kappa shape index (κ3) is 3.64. The van der Waals surface area contributed by atoms with Crippen molar-refractivity contribution in [2.24, 2.45) is 4.99 Å². The van der Waals surface area contributed by atoms with Crippen molar-refractivity contribution < 1.29 is 4.74 Å². The first-order valence-electron chi connectivity index (χ1n) is 7.98. The standard InChI is InChI=1S/C20H15Br2NOS/c21-17-10-15(20-23-8-9-25-20)11-18(22)19(17)24-12-14-6-3-5-13-4-1-2-7-16(13)14/h1-7,10-11H,8-9,12H2. The largest absolute Gasteiger partial charge is 0.487 e. The molecule has 0 radical (unpaired) electrons. The highest BCUT2D eigenvalue weighted by Gasteiger charge is 2.15. The topological polar surface area (TPSA) is 21.6 Å². The van der Waals surface area contributed by atoms with E-state index in [9.17, 15) is 0 Å². The van der Waals surface area contributed by atoms with E-state index in [-0.39, 0.29) is 0 Å².